The molecule has 0 aromatic heterocycles. The lowest BCUT2D eigenvalue weighted by molar-refractivity contribution is 0.266. The van der Waals surface area contributed by atoms with Crippen LogP contribution in [0.15, 0.2) is 0 Å². The lowest BCUT2D eigenvalue weighted by Gasteiger charge is -2.25. The van der Waals surface area contributed by atoms with Crippen LogP contribution in [0, 0.1) is 5.92 Å². The topological polar surface area (TPSA) is 15.3 Å². The van der Waals surface area contributed by atoms with Gasteiger partial charge < -0.3 is 10.2 Å². The van der Waals surface area contributed by atoms with E-state index in [1.54, 1.807) is 0 Å². The van der Waals surface area contributed by atoms with Crippen molar-refractivity contribution in [1.82, 2.24) is 10.2 Å². The van der Waals surface area contributed by atoms with E-state index >= 15 is 0 Å². The molecule has 0 rings (SSSR count). The van der Waals surface area contributed by atoms with E-state index in [4.69, 9.17) is 0 Å². The van der Waals surface area contributed by atoms with Crippen LogP contribution < -0.4 is 5.32 Å². The molecule has 98 valence electrons. The van der Waals surface area contributed by atoms with Gasteiger partial charge in [-0.25, -0.2) is 0 Å². The summed E-state index contributed by atoms with van der Waals surface area (Å²) in [5.41, 5.74) is 0. The van der Waals surface area contributed by atoms with Gasteiger partial charge in [0.25, 0.3) is 0 Å². The van der Waals surface area contributed by atoms with E-state index in [9.17, 15) is 0 Å². The van der Waals surface area contributed by atoms with Crippen molar-refractivity contribution < 1.29 is 0 Å². The average molecular weight is 228 g/mol. The van der Waals surface area contributed by atoms with Crippen LogP contribution in [0.5, 0.6) is 0 Å². The molecule has 0 saturated heterocycles. The van der Waals surface area contributed by atoms with Crippen LogP contribution in [0.2, 0.25) is 0 Å². The largest absolute Gasteiger partial charge is 0.313 e. The first-order valence-corrected chi connectivity index (χ1v) is 7.02. The predicted molar refractivity (Wildman–Crippen MR) is 73.9 cm³/mol. The third-order valence-corrected chi connectivity index (χ3v) is 2.94. The zero-order chi connectivity index (χ0) is 12.4. The molecule has 0 spiro atoms. The van der Waals surface area contributed by atoms with E-state index in [0.717, 1.165) is 12.5 Å². The number of hydrogen-bond donors (Lipinski definition) is 1. The molecule has 2 nitrogen and oxygen atoms in total. The van der Waals surface area contributed by atoms with Crippen LogP contribution in [-0.4, -0.2) is 37.6 Å². The Hall–Kier alpha value is -0.0800. The van der Waals surface area contributed by atoms with Gasteiger partial charge in [0.1, 0.15) is 0 Å². The first-order chi connectivity index (χ1) is 7.60. The average Bonchev–Trinajstić information content (AvgIpc) is 2.23. The molecule has 0 saturated carbocycles. The minimum atomic E-state index is 0.683. The molecule has 0 amide bonds. The molecule has 1 unspecified atom stereocenters. The van der Waals surface area contributed by atoms with E-state index in [-0.39, 0.29) is 0 Å². The fraction of sp³-hybridized carbons (Fsp3) is 1.00. The summed E-state index contributed by atoms with van der Waals surface area (Å²) >= 11 is 0. The van der Waals surface area contributed by atoms with Crippen LogP contribution in [0.1, 0.15) is 53.4 Å². The van der Waals surface area contributed by atoms with Crippen molar-refractivity contribution in [3.63, 3.8) is 0 Å². The van der Waals surface area contributed by atoms with Crippen molar-refractivity contribution in [2.24, 2.45) is 5.92 Å². The van der Waals surface area contributed by atoms with Crippen LogP contribution in [-0.2, 0) is 0 Å². The molecular weight excluding hydrogens is 196 g/mol. The Kier molecular flexibility index (Phi) is 10.0. The molecule has 0 aromatic carbocycles. The SMILES string of the molecule is CCCNC(CCC)CN(C)CCC(C)C. The van der Waals surface area contributed by atoms with Crippen molar-refractivity contribution in [2.75, 3.05) is 26.7 Å². The Labute approximate surface area is 103 Å². The zero-order valence-electron chi connectivity index (χ0n) is 12.1. The summed E-state index contributed by atoms with van der Waals surface area (Å²) in [6, 6.07) is 0.683. The van der Waals surface area contributed by atoms with Crippen LogP contribution in [0.3, 0.4) is 0 Å². The van der Waals surface area contributed by atoms with Gasteiger partial charge in [0.15, 0.2) is 0 Å². The van der Waals surface area contributed by atoms with Gasteiger partial charge in [0.2, 0.25) is 0 Å². The van der Waals surface area contributed by atoms with Crippen LogP contribution in [0.25, 0.3) is 0 Å². The molecule has 0 heterocycles. The maximum Gasteiger partial charge on any atom is 0.0194 e. The first-order valence-electron chi connectivity index (χ1n) is 7.02. The Balaban J connectivity index is 3.77. The summed E-state index contributed by atoms with van der Waals surface area (Å²) in [5, 5.41) is 3.65. The van der Waals surface area contributed by atoms with Gasteiger partial charge in [0.05, 0.1) is 0 Å². The molecule has 0 aliphatic heterocycles. The first kappa shape index (κ1) is 15.9. The third-order valence-electron chi connectivity index (χ3n) is 2.94. The third kappa shape index (κ3) is 9.17. The van der Waals surface area contributed by atoms with E-state index in [1.165, 1.54) is 38.8 Å². The lowest BCUT2D eigenvalue weighted by atomic mass is 10.1. The van der Waals surface area contributed by atoms with E-state index in [2.05, 4.69) is 45.0 Å². The van der Waals surface area contributed by atoms with E-state index in [1.807, 2.05) is 0 Å². The number of rotatable bonds is 10. The second-order valence-electron chi connectivity index (χ2n) is 5.38. The van der Waals surface area contributed by atoms with Gasteiger partial charge in [-0.3, -0.25) is 0 Å². The Morgan fingerprint density at radius 2 is 1.75 bits per heavy atom. The molecule has 0 radical (unpaired) electrons. The number of nitrogens with zero attached hydrogens (tertiary/aromatic N) is 1. The molecule has 16 heavy (non-hydrogen) atoms. The van der Waals surface area contributed by atoms with Gasteiger partial charge in [-0.1, -0.05) is 34.1 Å². The van der Waals surface area contributed by atoms with E-state index < -0.39 is 0 Å². The minimum Gasteiger partial charge on any atom is -0.313 e. The molecule has 1 N–H and O–H groups in total. The second-order valence-corrected chi connectivity index (χ2v) is 5.38. The molecule has 0 aliphatic carbocycles. The highest BCUT2D eigenvalue weighted by atomic mass is 15.1. The standard InChI is InChI=1S/C14H32N2/c1-6-8-14(15-10-7-2)12-16(5)11-9-13(3)4/h13-15H,6-12H2,1-5H3. The molecule has 0 bridgehead atoms. The highest BCUT2D eigenvalue weighted by Gasteiger charge is 2.09. The maximum absolute atomic E-state index is 3.65. The monoisotopic (exact) mass is 228 g/mol. The van der Waals surface area contributed by atoms with Crippen LogP contribution >= 0.6 is 0 Å². The van der Waals surface area contributed by atoms with Gasteiger partial charge in [-0.15, -0.1) is 0 Å². The highest BCUT2D eigenvalue weighted by Crippen LogP contribution is 2.03. The summed E-state index contributed by atoms with van der Waals surface area (Å²) in [4.78, 5) is 2.48. The zero-order valence-corrected chi connectivity index (χ0v) is 12.1. The summed E-state index contributed by atoms with van der Waals surface area (Å²) in [7, 11) is 2.25. The van der Waals surface area contributed by atoms with Gasteiger partial charge in [-0.2, -0.15) is 0 Å². The fourth-order valence-electron chi connectivity index (χ4n) is 1.90. The Morgan fingerprint density at radius 1 is 1.06 bits per heavy atom. The summed E-state index contributed by atoms with van der Waals surface area (Å²) in [6.45, 7) is 12.7. The van der Waals surface area contributed by atoms with Gasteiger partial charge in [-0.05, 0) is 45.3 Å². The highest BCUT2D eigenvalue weighted by molar-refractivity contribution is 4.70. The normalized spacial score (nSPS) is 13.7. The molecule has 0 fully saturated rings. The van der Waals surface area contributed by atoms with Crippen molar-refractivity contribution in [3.8, 4) is 0 Å². The molecule has 2 heteroatoms. The van der Waals surface area contributed by atoms with E-state index in [0.29, 0.717) is 6.04 Å². The number of nitrogens with one attached hydrogen (secondary N) is 1. The number of likely N-dealkylation sites (N-methyl/N-ethyl adjacent to an activating group) is 1. The van der Waals surface area contributed by atoms with Crippen molar-refractivity contribution in [3.05, 3.63) is 0 Å². The number of hydrogen-bond acceptors (Lipinski definition) is 2. The van der Waals surface area contributed by atoms with Gasteiger partial charge >= 0.3 is 0 Å². The second kappa shape index (κ2) is 10.1. The molecule has 0 aliphatic rings. The minimum absolute atomic E-state index is 0.683. The van der Waals surface area contributed by atoms with Gasteiger partial charge in [0, 0.05) is 12.6 Å². The van der Waals surface area contributed by atoms with Crippen molar-refractivity contribution >= 4 is 0 Å². The lowest BCUT2D eigenvalue weighted by Crippen LogP contribution is -2.40. The predicted octanol–water partition coefficient (Wildman–Crippen LogP) is 3.13. The molecule has 0 aromatic rings. The maximum atomic E-state index is 3.65. The van der Waals surface area contributed by atoms with Crippen molar-refractivity contribution in [2.45, 2.75) is 59.4 Å². The summed E-state index contributed by atoms with van der Waals surface area (Å²) < 4.78 is 0. The quantitative estimate of drug-likeness (QED) is 0.618. The molecule has 1 atom stereocenters. The fourth-order valence-corrected chi connectivity index (χ4v) is 1.90. The summed E-state index contributed by atoms with van der Waals surface area (Å²) in [5.74, 6) is 0.815. The Bertz CT molecular complexity index is 146. The molecular formula is C14H32N2. The summed E-state index contributed by atoms with van der Waals surface area (Å²) in [6.07, 6.45) is 5.12. The smallest absolute Gasteiger partial charge is 0.0194 e. The Morgan fingerprint density at radius 3 is 2.25 bits per heavy atom. The van der Waals surface area contributed by atoms with Crippen molar-refractivity contribution in [1.29, 1.82) is 0 Å². The van der Waals surface area contributed by atoms with Crippen LogP contribution in [0.4, 0.5) is 0 Å².